The maximum absolute atomic E-state index is 13.6. The predicted molar refractivity (Wildman–Crippen MR) is 131 cm³/mol. The minimum absolute atomic E-state index is 0.0744. The maximum atomic E-state index is 13.6. The van der Waals surface area contributed by atoms with E-state index in [1.54, 1.807) is 29.3 Å². The largest absolute Gasteiger partial charge is 0.395 e. The van der Waals surface area contributed by atoms with Crippen molar-refractivity contribution in [1.29, 1.82) is 0 Å². The number of carbonyl (C=O) groups is 1. The minimum Gasteiger partial charge on any atom is -0.395 e. The summed E-state index contributed by atoms with van der Waals surface area (Å²) in [6.07, 6.45) is 1.32. The summed E-state index contributed by atoms with van der Waals surface area (Å²) in [5.74, 6) is -0.199. The Morgan fingerprint density at radius 3 is 2.78 bits per heavy atom. The smallest absolute Gasteiger partial charge is 0.289 e. The summed E-state index contributed by atoms with van der Waals surface area (Å²) in [5.41, 5.74) is 1.70. The Morgan fingerprint density at radius 2 is 2.03 bits per heavy atom. The predicted octanol–water partition coefficient (Wildman–Crippen LogP) is 1.93. The summed E-state index contributed by atoms with van der Waals surface area (Å²) in [6, 6.07) is 7.57. The molecule has 1 amide bonds. The fourth-order valence-corrected chi connectivity index (χ4v) is 4.47. The summed E-state index contributed by atoms with van der Waals surface area (Å²) in [5, 5.41) is 12.0. The molecule has 0 radical (unpaired) electrons. The molecule has 3 N–H and O–H groups in total. The fourth-order valence-electron chi connectivity index (χ4n) is 4.47. The highest BCUT2D eigenvalue weighted by Crippen LogP contribution is 2.32. The molecule has 196 valence electrons. The molecule has 2 fully saturated rings. The van der Waals surface area contributed by atoms with Crippen molar-refractivity contribution in [3.05, 3.63) is 48.2 Å². The van der Waals surface area contributed by atoms with Crippen LogP contribution in [0.2, 0.25) is 0 Å². The number of nitrogens with zero attached hydrogens (tertiary/aromatic N) is 4. The molecule has 1 atom stereocenters. The van der Waals surface area contributed by atoms with Gasteiger partial charge in [0.25, 0.3) is 5.91 Å². The molecule has 37 heavy (non-hydrogen) atoms. The molecule has 5 rings (SSSR count). The molecule has 1 unspecified atom stereocenters. The summed E-state index contributed by atoms with van der Waals surface area (Å²) in [7, 11) is 0. The number of nitrogens with one attached hydrogen (secondary N) is 2. The van der Waals surface area contributed by atoms with E-state index in [2.05, 4.69) is 25.3 Å². The van der Waals surface area contributed by atoms with Gasteiger partial charge in [0.05, 0.1) is 49.6 Å². The third-order valence-corrected chi connectivity index (χ3v) is 6.49. The lowest BCUT2D eigenvalue weighted by Crippen LogP contribution is -2.55. The molecule has 0 bridgehead atoms. The number of ether oxygens (including phenoxy) is 3. The molecule has 11 nitrogen and oxygen atoms in total. The molecule has 2 aromatic heterocycles. The fraction of sp³-hybridized carbons (Fsp3) is 0.440. The second kappa shape index (κ2) is 10.9. The molecular weight excluding hydrogens is 483 g/mol. The van der Waals surface area contributed by atoms with Gasteiger partial charge in [-0.2, -0.15) is 0 Å². The highest BCUT2D eigenvalue weighted by atomic mass is 19.1. The Kier molecular flexibility index (Phi) is 7.42. The number of H-pyrrole nitrogens is 1. The Hall–Kier alpha value is -3.45. The van der Waals surface area contributed by atoms with Crippen molar-refractivity contribution in [2.24, 2.45) is 5.41 Å². The van der Waals surface area contributed by atoms with E-state index in [0.717, 1.165) is 0 Å². The van der Waals surface area contributed by atoms with Crippen LogP contribution in [0.25, 0.3) is 22.6 Å². The number of aliphatic hydroxyl groups excluding tert-OH is 1. The van der Waals surface area contributed by atoms with Gasteiger partial charge in [-0.3, -0.25) is 4.79 Å². The zero-order chi connectivity index (χ0) is 25.8. The van der Waals surface area contributed by atoms with Gasteiger partial charge in [0.2, 0.25) is 5.95 Å². The van der Waals surface area contributed by atoms with Crippen molar-refractivity contribution in [1.82, 2.24) is 24.8 Å². The first-order valence-electron chi connectivity index (χ1n) is 12.1. The summed E-state index contributed by atoms with van der Waals surface area (Å²) in [6.45, 7) is 4.63. The van der Waals surface area contributed by atoms with Gasteiger partial charge in [0, 0.05) is 36.8 Å². The Balaban J connectivity index is 1.46. The van der Waals surface area contributed by atoms with Gasteiger partial charge < -0.3 is 34.5 Å². The molecular formula is C25H29FN6O5. The standard InChI is InChI=1S/C25H29FN6O5/c1-25(13-35-15-36-14-25)19-12-32(9-11-37-19)23(34)22-30-20(16-2-4-17(26)5-3-16)21(31-22)18-6-7-27-24(29-18)28-8-10-33/h2-7,19,33H,8-15H2,1H3,(H,30,31)(H,27,28,29). The van der Waals surface area contributed by atoms with Gasteiger partial charge in [-0.25, -0.2) is 19.3 Å². The van der Waals surface area contributed by atoms with Gasteiger partial charge in [0.1, 0.15) is 12.6 Å². The number of amides is 1. The van der Waals surface area contributed by atoms with E-state index in [9.17, 15) is 9.18 Å². The van der Waals surface area contributed by atoms with Crippen LogP contribution in [0.3, 0.4) is 0 Å². The van der Waals surface area contributed by atoms with Crippen LogP contribution in [0.15, 0.2) is 36.5 Å². The zero-order valence-electron chi connectivity index (χ0n) is 20.4. The molecule has 3 aromatic rings. The number of anilines is 1. The summed E-state index contributed by atoms with van der Waals surface area (Å²) in [4.78, 5) is 31.7. The van der Waals surface area contributed by atoms with Crippen molar-refractivity contribution in [2.45, 2.75) is 13.0 Å². The summed E-state index contributed by atoms with van der Waals surface area (Å²) < 4.78 is 30.6. The number of benzene rings is 1. The van der Waals surface area contributed by atoms with E-state index in [1.165, 1.54) is 12.1 Å². The topological polar surface area (TPSA) is 135 Å². The van der Waals surface area contributed by atoms with E-state index < -0.39 is 0 Å². The van der Waals surface area contributed by atoms with Crippen LogP contribution in [0, 0.1) is 11.2 Å². The first-order chi connectivity index (χ1) is 18.0. The van der Waals surface area contributed by atoms with Crippen LogP contribution in [0.1, 0.15) is 17.5 Å². The number of aromatic nitrogens is 4. The second-order valence-electron chi connectivity index (χ2n) is 9.31. The van der Waals surface area contributed by atoms with Crippen LogP contribution in [0.5, 0.6) is 0 Å². The van der Waals surface area contributed by atoms with Crippen LogP contribution >= 0.6 is 0 Å². The molecule has 2 saturated heterocycles. The van der Waals surface area contributed by atoms with Crippen LogP contribution in [-0.4, -0.2) is 94.8 Å². The maximum Gasteiger partial charge on any atom is 0.289 e. The minimum atomic E-state index is -0.377. The Labute approximate surface area is 213 Å². The number of morpholine rings is 1. The van der Waals surface area contributed by atoms with E-state index in [-0.39, 0.29) is 49.0 Å². The van der Waals surface area contributed by atoms with Gasteiger partial charge in [0.15, 0.2) is 5.82 Å². The number of rotatable bonds is 7. The number of hydrogen-bond donors (Lipinski definition) is 3. The molecule has 12 heteroatoms. The third-order valence-electron chi connectivity index (χ3n) is 6.49. The first kappa shape index (κ1) is 25.2. The molecule has 4 heterocycles. The molecule has 2 aliphatic heterocycles. The zero-order valence-corrected chi connectivity index (χ0v) is 20.4. The van der Waals surface area contributed by atoms with Crippen molar-refractivity contribution < 1.29 is 28.5 Å². The van der Waals surface area contributed by atoms with E-state index in [0.29, 0.717) is 61.5 Å². The molecule has 1 aromatic carbocycles. The van der Waals surface area contributed by atoms with Crippen molar-refractivity contribution in [3.63, 3.8) is 0 Å². The molecule has 0 spiro atoms. The number of imidazole rings is 1. The quantitative estimate of drug-likeness (QED) is 0.434. The lowest BCUT2D eigenvalue weighted by Gasteiger charge is -2.44. The third kappa shape index (κ3) is 5.47. The second-order valence-corrected chi connectivity index (χ2v) is 9.31. The normalized spacial score (nSPS) is 19.5. The van der Waals surface area contributed by atoms with Gasteiger partial charge >= 0.3 is 0 Å². The number of aromatic amines is 1. The number of carbonyl (C=O) groups excluding carboxylic acids is 1. The average Bonchev–Trinajstić information content (AvgIpc) is 3.38. The van der Waals surface area contributed by atoms with Crippen LogP contribution in [-0.2, 0) is 14.2 Å². The van der Waals surface area contributed by atoms with Gasteiger partial charge in [-0.05, 0) is 30.3 Å². The van der Waals surface area contributed by atoms with Crippen LogP contribution < -0.4 is 5.32 Å². The van der Waals surface area contributed by atoms with Gasteiger partial charge in [-0.15, -0.1) is 0 Å². The van der Waals surface area contributed by atoms with Crippen LogP contribution in [0.4, 0.5) is 10.3 Å². The molecule has 2 aliphatic rings. The average molecular weight is 513 g/mol. The van der Waals surface area contributed by atoms with Crippen molar-refractivity contribution in [3.8, 4) is 22.6 Å². The molecule has 0 saturated carbocycles. The summed E-state index contributed by atoms with van der Waals surface area (Å²) >= 11 is 0. The highest BCUT2D eigenvalue weighted by molar-refractivity contribution is 5.93. The SMILES string of the molecule is CC1(C2CN(C(=O)c3nc(-c4ccc(F)cc4)c(-c4ccnc(NCCO)n4)[nH]3)CCO2)COCOC1. The van der Waals surface area contributed by atoms with E-state index in [1.807, 2.05) is 6.92 Å². The Morgan fingerprint density at radius 1 is 1.24 bits per heavy atom. The number of hydrogen-bond acceptors (Lipinski definition) is 9. The molecule has 0 aliphatic carbocycles. The highest BCUT2D eigenvalue weighted by Gasteiger charge is 2.42. The van der Waals surface area contributed by atoms with Crippen molar-refractivity contribution in [2.75, 3.05) is 58.2 Å². The van der Waals surface area contributed by atoms with Gasteiger partial charge in [-0.1, -0.05) is 6.92 Å². The number of halogens is 1. The van der Waals surface area contributed by atoms with E-state index in [4.69, 9.17) is 19.3 Å². The van der Waals surface area contributed by atoms with E-state index >= 15 is 0 Å². The number of aliphatic hydroxyl groups is 1. The van der Waals surface area contributed by atoms with Crippen molar-refractivity contribution >= 4 is 11.9 Å². The lowest BCUT2D eigenvalue weighted by atomic mass is 9.84. The first-order valence-corrected chi connectivity index (χ1v) is 12.1. The Bertz CT molecular complexity index is 1230. The monoisotopic (exact) mass is 512 g/mol. The lowest BCUT2D eigenvalue weighted by molar-refractivity contribution is -0.206.